The van der Waals surface area contributed by atoms with Crippen LogP contribution in [0.25, 0.3) is 0 Å². The maximum atomic E-state index is 3.00. The standard InChI is InChI=1S/C25H27N.C2H4/c1-21-13-11-12-20-26(21)25(22-14-5-2-6-15-22,23-16-7-3-8-17-23)24-18-9-4-10-19-24;1-2/h2-10,14-19,21H,11-13,20H2,1H3;1-2H2. The Labute approximate surface area is 170 Å². The van der Waals surface area contributed by atoms with Crippen molar-refractivity contribution in [2.24, 2.45) is 0 Å². The molecule has 4 rings (SSSR count). The molecular weight excluding hydrogens is 338 g/mol. The van der Waals surface area contributed by atoms with E-state index in [2.05, 4.69) is 116 Å². The quantitative estimate of drug-likeness (QED) is 0.367. The summed E-state index contributed by atoms with van der Waals surface area (Å²) < 4.78 is 0. The third-order valence-electron chi connectivity index (χ3n) is 5.81. The van der Waals surface area contributed by atoms with Crippen molar-refractivity contribution in [2.45, 2.75) is 37.8 Å². The zero-order chi connectivity index (χ0) is 19.8. The Morgan fingerprint density at radius 3 is 1.43 bits per heavy atom. The number of likely N-dealkylation sites (tertiary alicyclic amines) is 1. The van der Waals surface area contributed by atoms with Gasteiger partial charge in [-0.3, -0.25) is 4.90 Å². The molecule has 0 amide bonds. The Kier molecular flexibility index (Phi) is 6.84. The summed E-state index contributed by atoms with van der Waals surface area (Å²) in [7, 11) is 0. The van der Waals surface area contributed by atoms with E-state index in [0.717, 1.165) is 6.54 Å². The summed E-state index contributed by atoms with van der Waals surface area (Å²) in [4.78, 5) is 2.73. The molecule has 3 aromatic carbocycles. The van der Waals surface area contributed by atoms with E-state index in [1.54, 1.807) is 0 Å². The first-order valence-electron chi connectivity index (χ1n) is 10.3. The first kappa shape index (κ1) is 20.1. The Morgan fingerprint density at radius 2 is 1.07 bits per heavy atom. The molecule has 0 radical (unpaired) electrons. The lowest BCUT2D eigenvalue weighted by molar-refractivity contribution is 0.0745. The molecule has 1 aliphatic heterocycles. The van der Waals surface area contributed by atoms with Gasteiger partial charge in [-0.15, -0.1) is 13.2 Å². The van der Waals surface area contributed by atoms with Crippen LogP contribution in [0.1, 0.15) is 42.9 Å². The van der Waals surface area contributed by atoms with Gasteiger partial charge in [0.05, 0.1) is 5.54 Å². The molecule has 0 bridgehead atoms. The zero-order valence-corrected chi connectivity index (χ0v) is 16.9. The molecule has 0 aromatic heterocycles. The van der Waals surface area contributed by atoms with Crippen molar-refractivity contribution in [3.63, 3.8) is 0 Å². The van der Waals surface area contributed by atoms with Crippen LogP contribution in [0.15, 0.2) is 104 Å². The Balaban J connectivity index is 0.00000109. The van der Waals surface area contributed by atoms with Gasteiger partial charge < -0.3 is 0 Å². The van der Waals surface area contributed by atoms with Crippen LogP contribution in [0.5, 0.6) is 0 Å². The molecule has 1 nitrogen and oxygen atoms in total. The molecule has 1 heterocycles. The lowest BCUT2D eigenvalue weighted by Crippen LogP contribution is -2.54. The average molecular weight is 370 g/mol. The number of piperidine rings is 1. The number of benzene rings is 3. The number of rotatable bonds is 4. The second kappa shape index (κ2) is 9.52. The fraction of sp³-hybridized carbons (Fsp3) is 0.259. The van der Waals surface area contributed by atoms with Gasteiger partial charge in [0.1, 0.15) is 0 Å². The molecule has 0 spiro atoms. The molecule has 0 N–H and O–H groups in total. The molecule has 1 unspecified atom stereocenters. The highest BCUT2D eigenvalue weighted by molar-refractivity contribution is 5.49. The van der Waals surface area contributed by atoms with Gasteiger partial charge in [-0.25, -0.2) is 0 Å². The van der Waals surface area contributed by atoms with Crippen LogP contribution < -0.4 is 0 Å². The van der Waals surface area contributed by atoms with Crippen molar-refractivity contribution in [3.05, 3.63) is 121 Å². The fourth-order valence-corrected chi connectivity index (χ4v) is 4.63. The van der Waals surface area contributed by atoms with E-state index in [0.29, 0.717) is 6.04 Å². The third-order valence-corrected chi connectivity index (χ3v) is 5.81. The van der Waals surface area contributed by atoms with Crippen LogP contribution in [0.4, 0.5) is 0 Å². The van der Waals surface area contributed by atoms with Crippen LogP contribution >= 0.6 is 0 Å². The first-order valence-corrected chi connectivity index (χ1v) is 10.3. The van der Waals surface area contributed by atoms with Crippen LogP contribution in [-0.4, -0.2) is 17.5 Å². The second-order valence-corrected chi connectivity index (χ2v) is 7.35. The topological polar surface area (TPSA) is 3.24 Å². The van der Waals surface area contributed by atoms with E-state index in [1.807, 2.05) is 0 Å². The van der Waals surface area contributed by atoms with Crippen molar-refractivity contribution in [3.8, 4) is 0 Å². The van der Waals surface area contributed by atoms with E-state index in [1.165, 1.54) is 36.0 Å². The van der Waals surface area contributed by atoms with E-state index in [4.69, 9.17) is 0 Å². The number of hydrogen-bond donors (Lipinski definition) is 0. The highest BCUT2D eigenvalue weighted by atomic mass is 15.2. The van der Waals surface area contributed by atoms with E-state index in [9.17, 15) is 0 Å². The molecule has 0 saturated carbocycles. The van der Waals surface area contributed by atoms with Crippen molar-refractivity contribution in [1.29, 1.82) is 0 Å². The average Bonchev–Trinajstić information content (AvgIpc) is 2.79. The van der Waals surface area contributed by atoms with Crippen LogP contribution in [0.2, 0.25) is 0 Å². The minimum atomic E-state index is -0.246. The first-order chi connectivity index (χ1) is 13.8. The highest BCUT2D eigenvalue weighted by Crippen LogP contribution is 2.45. The van der Waals surface area contributed by atoms with Gasteiger partial charge in [0.15, 0.2) is 0 Å². The van der Waals surface area contributed by atoms with Crippen LogP contribution in [0.3, 0.4) is 0 Å². The number of hydrogen-bond acceptors (Lipinski definition) is 1. The van der Waals surface area contributed by atoms with Crippen molar-refractivity contribution in [2.75, 3.05) is 6.54 Å². The van der Waals surface area contributed by atoms with Gasteiger partial charge in [-0.2, -0.15) is 0 Å². The predicted molar refractivity (Wildman–Crippen MR) is 120 cm³/mol. The van der Waals surface area contributed by atoms with Gasteiger partial charge in [0.25, 0.3) is 0 Å². The molecule has 28 heavy (non-hydrogen) atoms. The van der Waals surface area contributed by atoms with Crippen molar-refractivity contribution >= 4 is 0 Å². The number of nitrogens with zero attached hydrogens (tertiary/aromatic N) is 1. The smallest absolute Gasteiger partial charge is 0.0975 e. The van der Waals surface area contributed by atoms with Gasteiger partial charge in [-0.1, -0.05) is 97.4 Å². The van der Waals surface area contributed by atoms with E-state index in [-0.39, 0.29) is 5.54 Å². The molecule has 144 valence electrons. The zero-order valence-electron chi connectivity index (χ0n) is 16.9. The van der Waals surface area contributed by atoms with Crippen molar-refractivity contribution in [1.82, 2.24) is 4.90 Å². The maximum absolute atomic E-state index is 3.00. The summed E-state index contributed by atoms with van der Waals surface area (Å²) in [5.74, 6) is 0. The highest BCUT2D eigenvalue weighted by Gasteiger charge is 2.44. The van der Waals surface area contributed by atoms with Gasteiger partial charge in [-0.05, 0) is 43.0 Å². The minimum absolute atomic E-state index is 0.246. The summed E-state index contributed by atoms with van der Waals surface area (Å²) in [5, 5.41) is 0. The summed E-state index contributed by atoms with van der Waals surface area (Å²) in [6.45, 7) is 9.52. The summed E-state index contributed by atoms with van der Waals surface area (Å²) >= 11 is 0. The fourth-order valence-electron chi connectivity index (χ4n) is 4.63. The largest absolute Gasteiger partial charge is 0.283 e. The lowest BCUT2D eigenvalue weighted by Gasteiger charge is -2.50. The molecule has 1 saturated heterocycles. The summed E-state index contributed by atoms with van der Waals surface area (Å²) in [6, 6.07) is 33.7. The monoisotopic (exact) mass is 369 g/mol. The minimum Gasteiger partial charge on any atom is -0.283 e. The Hall–Kier alpha value is -2.64. The Bertz CT molecular complexity index is 729. The molecule has 1 atom stereocenters. The van der Waals surface area contributed by atoms with Gasteiger partial charge >= 0.3 is 0 Å². The summed E-state index contributed by atoms with van der Waals surface area (Å²) in [5.41, 5.74) is 3.81. The van der Waals surface area contributed by atoms with E-state index < -0.39 is 0 Å². The molecular formula is C27H31N. The molecule has 0 aliphatic carbocycles. The predicted octanol–water partition coefficient (Wildman–Crippen LogP) is 6.66. The van der Waals surface area contributed by atoms with Gasteiger partial charge in [0.2, 0.25) is 0 Å². The summed E-state index contributed by atoms with van der Waals surface area (Å²) in [6.07, 6.45) is 3.85. The maximum Gasteiger partial charge on any atom is 0.0975 e. The van der Waals surface area contributed by atoms with Crippen LogP contribution in [-0.2, 0) is 5.54 Å². The molecule has 1 fully saturated rings. The Morgan fingerprint density at radius 1 is 0.679 bits per heavy atom. The second-order valence-electron chi connectivity index (χ2n) is 7.35. The van der Waals surface area contributed by atoms with Crippen LogP contribution in [0, 0.1) is 0 Å². The SMILES string of the molecule is C=C.CC1CCCCN1C(c1ccccc1)(c1ccccc1)c1ccccc1. The van der Waals surface area contributed by atoms with E-state index >= 15 is 0 Å². The van der Waals surface area contributed by atoms with Crippen molar-refractivity contribution < 1.29 is 0 Å². The molecule has 1 aliphatic rings. The lowest BCUT2D eigenvalue weighted by atomic mass is 9.74. The molecule has 1 heteroatoms. The molecule has 3 aromatic rings. The third kappa shape index (κ3) is 3.68. The van der Waals surface area contributed by atoms with Gasteiger partial charge in [0, 0.05) is 6.04 Å². The normalized spacial score (nSPS) is 17.4.